The maximum absolute atomic E-state index is 5.60. The van der Waals surface area contributed by atoms with Crippen molar-refractivity contribution in [3.05, 3.63) is 35.9 Å². The van der Waals surface area contributed by atoms with E-state index in [9.17, 15) is 0 Å². The van der Waals surface area contributed by atoms with E-state index in [1.807, 2.05) is 18.2 Å². The van der Waals surface area contributed by atoms with Gasteiger partial charge in [-0.1, -0.05) is 30.3 Å². The van der Waals surface area contributed by atoms with Gasteiger partial charge in [0.1, 0.15) is 12.6 Å². The summed E-state index contributed by atoms with van der Waals surface area (Å²) in [6.07, 6.45) is 0. The fourth-order valence-electron chi connectivity index (χ4n) is 1.34. The summed E-state index contributed by atoms with van der Waals surface area (Å²) in [6.45, 7) is 0.617. The van der Waals surface area contributed by atoms with E-state index in [2.05, 4.69) is 17.1 Å². The van der Waals surface area contributed by atoms with Gasteiger partial charge < -0.3 is 4.74 Å². The molecule has 0 amide bonds. The molecule has 3 heteroatoms. The van der Waals surface area contributed by atoms with E-state index in [0.29, 0.717) is 18.4 Å². The first-order chi connectivity index (χ1) is 6.40. The van der Waals surface area contributed by atoms with Crippen LogP contribution in [0, 0.1) is 0 Å². The minimum absolute atomic E-state index is 0.134. The van der Waals surface area contributed by atoms with Crippen molar-refractivity contribution < 1.29 is 4.74 Å². The third-order valence-electron chi connectivity index (χ3n) is 2.01. The highest BCUT2D eigenvalue weighted by molar-refractivity contribution is 6.27. The number of benzene rings is 1. The second-order valence-corrected chi connectivity index (χ2v) is 3.16. The minimum Gasteiger partial charge on any atom is -0.477 e. The van der Waals surface area contributed by atoms with Crippen molar-refractivity contribution in [3.8, 4) is 0 Å². The van der Waals surface area contributed by atoms with Crippen LogP contribution in [-0.4, -0.2) is 18.4 Å². The lowest BCUT2D eigenvalue weighted by Gasteiger charge is -2.03. The average Bonchev–Trinajstić information content (AvgIpc) is 2.67. The van der Waals surface area contributed by atoms with E-state index >= 15 is 0 Å². The van der Waals surface area contributed by atoms with E-state index < -0.39 is 0 Å². The molecule has 1 aliphatic rings. The lowest BCUT2D eigenvalue weighted by atomic mass is 10.1. The van der Waals surface area contributed by atoms with Gasteiger partial charge in [0.05, 0.1) is 5.88 Å². The summed E-state index contributed by atoms with van der Waals surface area (Å²) in [4.78, 5) is 4.34. The van der Waals surface area contributed by atoms with Crippen LogP contribution < -0.4 is 0 Å². The molecule has 0 radical (unpaired) electrons. The van der Waals surface area contributed by atoms with Crippen molar-refractivity contribution in [1.29, 1.82) is 0 Å². The number of hydrogen-bond acceptors (Lipinski definition) is 2. The van der Waals surface area contributed by atoms with E-state index in [1.165, 1.54) is 5.56 Å². The summed E-state index contributed by atoms with van der Waals surface area (Å²) in [5.41, 5.74) is 1.18. The Bertz CT molecular complexity index is 310. The number of hydrogen-bond donors (Lipinski definition) is 0. The molecule has 0 saturated carbocycles. The molecule has 68 valence electrons. The summed E-state index contributed by atoms with van der Waals surface area (Å²) < 4.78 is 5.29. The van der Waals surface area contributed by atoms with Gasteiger partial charge in [0, 0.05) is 0 Å². The van der Waals surface area contributed by atoms with Crippen molar-refractivity contribution in [1.82, 2.24) is 0 Å². The molecule has 0 aliphatic carbocycles. The highest BCUT2D eigenvalue weighted by atomic mass is 35.5. The first-order valence-corrected chi connectivity index (χ1v) is 4.74. The number of nitrogens with zero attached hydrogens (tertiary/aromatic N) is 1. The summed E-state index contributed by atoms with van der Waals surface area (Å²) >= 11 is 5.60. The van der Waals surface area contributed by atoms with Crippen molar-refractivity contribution in [2.45, 2.75) is 6.04 Å². The molecule has 2 rings (SSSR count). The van der Waals surface area contributed by atoms with Crippen LogP contribution in [0.1, 0.15) is 11.6 Å². The number of alkyl halides is 1. The lowest BCUT2D eigenvalue weighted by molar-refractivity contribution is 0.317. The zero-order chi connectivity index (χ0) is 9.10. The molecule has 1 aromatic carbocycles. The van der Waals surface area contributed by atoms with Gasteiger partial charge in [-0.2, -0.15) is 0 Å². The standard InChI is InChI=1S/C10H10ClNO/c11-6-10-12-9(7-13-10)8-4-2-1-3-5-8/h1-5,9H,6-7H2/t9-/m0/s1. The van der Waals surface area contributed by atoms with Crippen LogP contribution in [0.3, 0.4) is 0 Å². The highest BCUT2D eigenvalue weighted by Crippen LogP contribution is 2.22. The molecule has 2 nitrogen and oxygen atoms in total. The van der Waals surface area contributed by atoms with Crippen LogP contribution in [0.2, 0.25) is 0 Å². The van der Waals surface area contributed by atoms with Crippen molar-refractivity contribution in [2.75, 3.05) is 12.5 Å². The highest BCUT2D eigenvalue weighted by Gasteiger charge is 2.18. The molecule has 0 aromatic heterocycles. The van der Waals surface area contributed by atoms with E-state index in [-0.39, 0.29) is 6.04 Å². The van der Waals surface area contributed by atoms with Crippen LogP contribution in [0.15, 0.2) is 35.3 Å². The van der Waals surface area contributed by atoms with Crippen LogP contribution in [0.5, 0.6) is 0 Å². The lowest BCUT2D eigenvalue weighted by Crippen LogP contribution is -1.99. The molecule has 1 aliphatic heterocycles. The Morgan fingerprint density at radius 2 is 2.15 bits per heavy atom. The maximum atomic E-state index is 5.60. The first-order valence-electron chi connectivity index (χ1n) is 4.20. The predicted molar refractivity (Wildman–Crippen MR) is 53.3 cm³/mol. The second-order valence-electron chi connectivity index (χ2n) is 2.89. The Kier molecular flexibility index (Phi) is 2.50. The quantitative estimate of drug-likeness (QED) is 0.665. The van der Waals surface area contributed by atoms with Crippen molar-refractivity contribution in [3.63, 3.8) is 0 Å². The SMILES string of the molecule is ClCC1=N[C@H](c2ccccc2)CO1. The predicted octanol–water partition coefficient (Wildman–Crippen LogP) is 2.40. The molecular formula is C10H10ClNO. The van der Waals surface area contributed by atoms with E-state index in [0.717, 1.165) is 0 Å². The largest absolute Gasteiger partial charge is 0.477 e. The van der Waals surface area contributed by atoms with E-state index in [4.69, 9.17) is 16.3 Å². The zero-order valence-electron chi connectivity index (χ0n) is 7.11. The van der Waals surface area contributed by atoms with Crippen LogP contribution >= 0.6 is 11.6 Å². The molecule has 1 heterocycles. The number of rotatable bonds is 2. The Balaban J connectivity index is 2.16. The third kappa shape index (κ3) is 1.83. The van der Waals surface area contributed by atoms with Gasteiger partial charge in [0.25, 0.3) is 0 Å². The zero-order valence-corrected chi connectivity index (χ0v) is 7.87. The molecule has 0 bridgehead atoms. The van der Waals surface area contributed by atoms with Gasteiger partial charge in [-0.25, -0.2) is 4.99 Å². The normalized spacial score (nSPS) is 21.0. The Hall–Kier alpha value is -1.02. The van der Waals surface area contributed by atoms with Gasteiger partial charge in [0.15, 0.2) is 5.90 Å². The number of aliphatic imine (C=N–C) groups is 1. The Morgan fingerprint density at radius 1 is 1.38 bits per heavy atom. The fraction of sp³-hybridized carbons (Fsp3) is 0.300. The Labute approximate surface area is 82.2 Å². The fourth-order valence-corrected chi connectivity index (χ4v) is 1.49. The van der Waals surface area contributed by atoms with Gasteiger partial charge >= 0.3 is 0 Å². The summed E-state index contributed by atoms with van der Waals surface area (Å²) in [7, 11) is 0. The van der Waals surface area contributed by atoms with Gasteiger partial charge in [-0.3, -0.25) is 0 Å². The number of ether oxygens (including phenoxy) is 1. The topological polar surface area (TPSA) is 21.6 Å². The molecule has 0 N–H and O–H groups in total. The van der Waals surface area contributed by atoms with Crippen molar-refractivity contribution >= 4 is 17.5 Å². The van der Waals surface area contributed by atoms with Crippen LogP contribution in [0.25, 0.3) is 0 Å². The summed E-state index contributed by atoms with van der Waals surface area (Å²) in [6, 6.07) is 10.2. The van der Waals surface area contributed by atoms with Crippen LogP contribution in [-0.2, 0) is 4.74 Å². The molecule has 1 atom stereocenters. The first kappa shape index (κ1) is 8.57. The summed E-state index contributed by atoms with van der Waals surface area (Å²) in [5, 5.41) is 0. The van der Waals surface area contributed by atoms with Crippen molar-refractivity contribution in [2.24, 2.45) is 4.99 Å². The van der Waals surface area contributed by atoms with Gasteiger partial charge in [-0.05, 0) is 5.56 Å². The molecular weight excluding hydrogens is 186 g/mol. The van der Waals surface area contributed by atoms with Gasteiger partial charge in [0.2, 0.25) is 0 Å². The van der Waals surface area contributed by atoms with Crippen LogP contribution in [0.4, 0.5) is 0 Å². The molecule has 0 spiro atoms. The third-order valence-corrected chi connectivity index (χ3v) is 2.23. The number of halogens is 1. The molecule has 13 heavy (non-hydrogen) atoms. The minimum atomic E-state index is 0.134. The maximum Gasteiger partial charge on any atom is 0.199 e. The molecule has 1 aromatic rings. The average molecular weight is 196 g/mol. The second kappa shape index (κ2) is 3.79. The Morgan fingerprint density at radius 3 is 2.77 bits per heavy atom. The molecule has 0 fully saturated rings. The molecule has 0 unspecified atom stereocenters. The molecule has 0 saturated heterocycles. The smallest absolute Gasteiger partial charge is 0.199 e. The van der Waals surface area contributed by atoms with Gasteiger partial charge in [-0.15, -0.1) is 11.6 Å². The van der Waals surface area contributed by atoms with E-state index in [1.54, 1.807) is 0 Å². The summed E-state index contributed by atoms with van der Waals surface area (Å²) in [5.74, 6) is 1.01. The monoisotopic (exact) mass is 195 g/mol.